The molecule has 8 heteroatoms. The monoisotopic (exact) mass is 383 g/mol. The standard InChI is InChI=1S/C19H17N3O4S/c1-3-26-15-8-6-13(7-9-15)16-11-27-19(20-16)21-18(23)14-5-4-12(2)17(10-14)22(24)25/h4-11H,3H2,1-2H3,(H,20,21,23). The highest BCUT2D eigenvalue weighted by molar-refractivity contribution is 7.14. The summed E-state index contributed by atoms with van der Waals surface area (Å²) in [5.74, 6) is 0.344. The van der Waals surface area contributed by atoms with Gasteiger partial charge in [-0.2, -0.15) is 0 Å². The fourth-order valence-electron chi connectivity index (χ4n) is 2.47. The van der Waals surface area contributed by atoms with Crippen molar-refractivity contribution in [3.63, 3.8) is 0 Å². The van der Waals surface area contributed by atoms with Crippen LogP contribution in [0.4, 0.5) is 10.8 Å². The number of nitrogens with zero attached hydrogens (tertiary/aromatic N) is 2. The number of amides is 1. The topological polar surface area (TPSA) is 94.4 Å². The number of aryl methyl sites for hydroxylation is 1. The number of nitro benzene ring substituents is 1. The van der Waals surface area contributed by atoms with Crippen LogP contribution in [-0.2, 0) is 0 Å². The number of nitrogens with one attached hydrogen (secondary N) is 1. The Balaban J connectivity index is 1.74. The number of thiazole rings is 1. The molecule has 0 fully saturated rings. The molecule has 0 atom stereocenters. The third kappa shape index (κ3) is 4.29. The first kappa shape index (κ1) is 18.5. The predicted octanol–water partition coefficient (Wildman–Crippen LogP) is 4.68. The molecule has 1 N–H and O–H groups in total. The van der Waals surface area contributed by atoms with E-state index in [2.05, 4.69) is 10.3 Å². The zero-order valence-electron chi connectivity index (χ0n) is 14.8. The number of rotatable bonds is 6. The van der Waals surface area contributed by atoms with Crippen LogP contribution in [0.2, 0.25) is 0 Å². The number of anilines is 1. The van der Waals surface area contributed by atoms with Gasteiger partial charge in [-0.15, -0.1) is 11.3 Å². The van der Waals surface area contributed by atoms with E-state index in [0.717, 1.165) is 17.0 Å². The second-order valence-electron chi connectivity index (χ2n) is 5.71. The van der Waals surface area contributed by atoms with Crippen molar-refractivity contribution in [3.05, 3.63) is 69.1 Å². The maximum absolute atomic E-state index is 12.4. The Morgan fingerprint density at radius 3 is 2.67 bits per heavy atom. The van der Waals surface area contributed by atoms with E-state index in [1.165, 1.54) is 17.4 Å². The number of carbonyl (C=O) groups is 1. The van der Waals surface area contributed by atoms with Gasteiger partial charge in [0.15, 0.2) is 5.13 Å². The van der Waals surface area contributed by atoms with Crippen LogP contribution in [0.1, 0.15) is 22.8 Å². The number of hydrogen-bond donors (Lipinski definition) is 1. The van der Waals surface area contributed by atoms with Crippen molar-refractivity contribution in [1.29, 1.82) is 0 Å². The lowest BCUT2D eigenvalue weighted by Crippen LogP contribution is -2.12. The van der Waals surface area contributed by atoms with Gasteiger partial charge < -0.3 is 4.74 Å². The van der Waals surface area contributed by atoms with Crippen molar-refractivity contribution < 1.29 is 14.5 Å². The quantitative estimate of drug-likeness (QED) is 0.493. The predicted molar refractivity (Wildman–Crippen MR) is 105 cm³/mol. The highest BCUT2D eigenvalue weighted by Crippen LogP contribution is 2.27. The summed E-state index contributed by atoms with van der Waals surface area (Å²) in [6.45, 7) is 4.15. The van der Waals surface area contributed by atoms with Gasteiger partial charge in [-0.1, -0.05) is 6.07 Å². The zero-order chi connectivity index (χ0) is 19.4. The van der Waals surface area contributed by atoms with Gasteiger partial charge >= 0.3 is 0 Å². The Morgan fingerprint density at radius 1 is 1.26 bits per heavy atom. The second kappa shape index (κ2) is 7.96. The van der Waals surface area contributed by atoms with E-state index >= 15 is 0 Å². The third-order valence-electron chi connectivity index (χ3n) is 3.85. The minimum absolute atomic E-state index is 0.0862. The van der Waals surface area contributed by atoms with Crippen LogP contribution in [0.3, 0.4) is 0 Å². The van der Waals surface area contributed by atoms with Crippen molar-refractivity contribution in [3.8, 4) is 17.0 Å². The number of benzene rings is 2. The van der Waals surface area contributed by atoms with Crippen molar-refractivity contribution >= 4 is 28.1 Å². The zero-order valence-corrected chi connectivity index (χ0v) is 15.6. The van der Waals surface area contributed by atoms with Gasteiger partial charge in [0.25, 0.3) is 11.6 Å². The van der Waals surface area contributed by atoms with Gasteiger partial charge in [-0.25, -0.2) is 4.98 Å². The molecule has 0 spiro atoms. The summed E-state index contributed by atoms with van der Waals surface area (Å²) in [5.41, 5.74) is 2.26. The van der Waals surface area contributed by atoms with E-state index in [9.17, 15) is 14.9 Å². The Hall–Kier alpha value is -3.26. The maximum Gasteiger partial charge on any atom is 0.273 e. The minimum atomic E-state index is -0.500. The van der Waals surface area contributed by atoms with Crippen LogP contribution in [0, 0.1) is 17.0 Å². The molecule has 0 aliphatic rings. The molecule has 0 aliphatic heterocycles. The molecule has 0 bridgehead atoms. The number of aromatic nitrogens is 1. The first-order chi connectivity index (χ1) is 13.0. The van der Waals surface area contributed by atoms with E-state index in [1.54, 1.807) is 19.1 Å². The molecule has 3 aromatic rings. The largest absolute Gasteiger partial charge is 0.494 e. The summed E-state index contributed by atoms with van der Waals surface area (Å²) >= 11 is 1.29. The van der Waals surface area contributed by atoms with E-state index in [0.29, 0.717) is 17.3 Å². The molecule has 1 amide bonds. The van der Waals surface area contributed by atoms with Crippen LogP contribution in [-0.4, -0.2) is 22.4 Å². The molecule has 138 valence electrons. The van der Waals surface area contributed by atoms with Gasteiger partial charge in [0, 0.05) is 28.1 Å². The average Bonchev–Trinajstić information content (AvgIpc) is 3.11. The van der Waals surface area contributed by atoms with Crippen molar-refractivity contribution in [2.24, 2.45) is 0 Å². The van der Waals surface area contributed by atoms with Crippen LogP contribution in [0.25, 0.3) is 11.3 Å². The molecule has 3 rings (SSSR count). The summed E-state index contributed by atoms with van der Waals surface area (Å²) in [5, 5.41) is 16.0. The normalized spacial score (nSPS) is 10.4. The molecule has 1 aromatic heterocycles. The maximum atomic E-state index is 12.4. The molecule has 0 aliphatic carbocycles. The molecule has 0 saturated carbocycles. The molecule has 0 saturated heterocycles. The number of hydrogen-bond acceptors (Lipinski definition) is 6. The summed E-state index contributed by atoms with van der Waals surface area (Å²) in [6, 6.07) is 11.9. The lowest BCUT2D eigenvalue weighted by Gasteiger charge is -2.04. The first-order valence-corrected chi connectivity index (χ1v) is 9.11. The van der Waals surface area contributed by atoms with Gasteiger partial charge in [-0.3, -0.25) is 20.2 Å². The minimum Gasteiger partial charge on any atom is -0.494 e. The highest BCUT2D eigenvalue weighted by atomic mass is 32.1. The van der Waals surface area contributed by atoms with Crippen LogP contribution >= 0.6 is 11.3 Å². The number of carbonyl (C=O) groups excluding carboxylic acids is 1. The lowest BCUT2D eigenvalue weighted by molar-refractivity contribution is -0.385. The number of ether oxygens (including phenoxy) is 1. The third-order valence-corrected chi connectivity index (χ3v) is 4.61. The van der Waals surface area contributed by atoms with Crippen LogP contribution in [0.15, 0.2) is 47.8 Å². The van der Waals surface area contributed by atoms with Gasteiger partial charge in [0.05, 0.1) is 17.2 Å². The molecule has 1 heterocycles. The summed E-state index contributed by atoms with van der Waals surface area (Å²) < 4.78 is 5.42. The molecule has 27 heavy (non-hydrogen) atoms. The lowest BCUT2D eigenvalue weighted by atomic mass is 10.1. The Morgan fingerprint density at radius 2 is 2.00 bits per heavy atom. The molecule has 2 aromatic carbocycles. The fraction of sp³-hybridized carbons (Fsp3) is 0.158. The summed E-state index contributed by atoms with van der Waals surface area (Å²) in [6.07, 6.45) is 0. The highest BCUT2D eigenvalue weighted by Gasteiger charge is 2.16. The van der Waals surface area contributed by atoms with E-state index < -0.39 is 10.8 Å². The van der Waals surface area contributed by atoms with Gasteiger partial charge in [0.2, 0.25) is 0 Å². The summed E-state index contributed by atoms with van der Waals surface area (Å²) in [7, 11) is 0. The molecule has 0 unspecified atom stereocenters. The van der Waals surface area contributed by atoms with Crippen molar-refractivity contribution in [2.45, 2.75) is 13.8 Å². The smallest absolute Gasteiger partial charge is 0.273 e. The van der Waals surface area contributed by atoms with E-state index in [-0.39, 0.29) is 11.3 Å². The van der Waals surface area contributed by atoms with Crippen LogP contribution in [0.5, 0.6) is 5.75 Å². The average molecular weight is 383 g/mol. The van der Waals surface area contributed by atoms with Crippen molar-refractivity contribution in [1.82, 2.24) is 4.98 Å². The molecular formula is C19H17N3O4S. The van der Waals surface area contributed by atoms with Crippen LogP contribution < -0.4 is 10.1 Å². The number of nitro groups is 1. The van der Waals surface area contributed by atoms with E-state index in [1.807, 2.05) is 36.6 Å². The second-order valence-corrected chi connectivity index (χ2v) is 6.57. The van der Waals surface area contributed by atoms with Gasteiger partial charge in [0.1, 0.15) is 5.75 Å². The van der Waals surface area contributed by atoms with Crippen molar-refractivity contribution in [2.75, 3.05) is 11.9 Å². The fourth-order valence-corrected chi connectivity index (χ4v) is 3.18. The molecular weight excluding hydrogens is 366 g/mol. The Labute approximate surface area is 159 Å². The Kier molecular flexibility index (Phi) is 5.46. The molecule has 0 radical (unpaired) electrons. The summed E-state index contributed by atoms with van der Waals surface area (Å²) in [4.78, 5) is 27.3. The van der Waals surface area contributed by atoms with Gasteiger partial charge in [-0.05, 0) is 44.2 Å². The SMILES string of the molecule is CCOc1ccc(-c2csc(NC(=O)c3ccc(C)c([N+](=O)[O-])c3)n2)cc1. The first-order valence-electron chi connectivity index (χ1n) is 8.23. The molecule has 7 nitrogen and oxygen atoms in total. The van der Waals surface area contributed by atoms with E-state index in [4.69, 9.17) is 4.74 Å². The Bertz CT molecular complexity index is 983.